The number of ketones is 1. The maximum absolute atomic E-state index is 12.1. The van der Waals surface area contributed by atoms with Gasteiger partial charge in [0.1, 0.15) is 5.75 Å². The van der Waals surface area contributed by atoms with Crippen LogP contribution in [-0.4, -0.2) is 12.4 Å². The molecule has 0 atom stereocenters. The molecule has 0 aromatic heterocycles. The number of carbonyl (C=O) groups is 1. The molecule has 0 N–H and O–H groups in total. The van der Waals surface area contributed by atoms with Crippen LogP contribution in [0.25, 0.3) is 0 Å². The number of rotatable bonds is 4. The van der Waals surface area contributed by atoms with Crippen molar-refractivity contribution in [3.05, 3.63) is 61.0 Å². The minimum atomic E-state index is -0.304. The maximum Gasteiger partial charge on any atom is 0.200 e. The minimum Gasteiger partial charge on any atom is -0.484 e. The molecule has 0 spiro atoms. The van der Waals surface area contributed by atoms with Gasteiger partial charge in [-0.25, -0.2) is 0 Å². The van der Waals surface area contributed by atoms with Crippen LogP contribution in [-0.2, 0) is 0 Å². The lowest BCUT2D eigenvalue weighted by atomic mass is 10.1. The van der Waals surface area contributed by atoms with E-state index in [9.17, 15) is 4.79 Å². The molecule has 0 unspecified atom stereocenters. The van der Waals surface area contributed by atoms with Crippen LogP contribution in [0, 0.1) is 0 Å². The number of carbonyl (C=O) groups excluding carboxylic acids is 1. The highest BCUT2D eigenvalue weighted by Gasteiger charge is 2.13. The molecule has 0 saturated carbocycles. The van der Waals surface area contributed by atoms with Crippen molar-refractivity contribution in [2.24, 2.45) is 0 Å². The van der Waals surface area contributed by atoms with E-state index in [4.69, 9.17) is 62.7 Å². The molecular weight excluding hydrogens is 377 g/mol. The van der Waals surface area contributed by atoms with E-state index >= 15 is 0 Å². The zero-order valence-corrected chi connectivity index (χ0v) is 14.1. The van der Waals surface area contributed by atoms with Gasteiger partial charge in [-0.2, -0.15) is 0 Å². The molecule has 0 fully saturated rings. The Hall–Kier alpha value is -0.640. The molecular formula is C14H7Cl5O2. The molecule has 2 aromatic rings. The fourth-order valence-electron chi connectivity index (χ4n) is 1.54. The Morgan fingerprint density at radius 3 is 2.10 bits per heavy atom. The van der Waals surface area contributed by atoms with E-state index in [0.717, 1.165) is 0 Å². The van der Waals surface area contributed by atoms with Crippen molar-refractivity contribution in [3.63, 3.8) is 0 Å². The van der Waals surface area contributed by atoms with Gasteiger partial charge in [-0.15, -0.1) is 0 Å². The Morgan fingerprint density at radius 2 is 1.52 bits per heavy atom. The third-order valence-electron chi connectivity index (χ3n) is 2.56. The summed E-state index contributed by atoms with van der Waals surface area (Å²) >= 11 is 29.3. The second-order valence-corrected chi connectivity index (χ2v) is 6.08. The van der Waals surface area contributed by atoms with E-state index in [-0.39, 0.29) is 27.5 Å². The Balaban J connectivity index is 2.12. The second-order valence-electron chi connectivity index (χ2n) is 4.04. The molecule has 7 heteroatoms. The summed E-state index contributed by atoms with van der Waals surface area (Å²) in [4.78, 5) is 12.1. The predicted molar refractivity (Wildman–Crippen MR) is 87.8 cm³/mol. The van der Waals surface area contributed by atoms with Crippen molar-refractivity contribution in [1.82, 2.24) is 0 Å². The summed E-state index contributed by atoms with van der Waals surface area (Å²) in [5.74, 6) is 0.0575. The first-order valence-electron chi connectivity index (χ1n) is 5.64. The Labute approximate surface area is 146 Å². The van der Waals surface area contributed by atoms with Gasteiger partial charge in [0, 0.05) is 10.6 Å². The van der Waals surface area contributed by atoms with Gasteiger partial charge in [-0.3, -0.25) is 4.79 Å². The van der Waals surface area contributed by atoms with Crippen LogP contribution in [0.5, 0.6) is 5.75 Å². The van der Waals surface area contributed by atoms with Crippen molar-refractivity contribution in [1.29, 1.82) is 0 Å². The first kappa shape index (κ1) is 16.7. The number of hydrogen-bond acceptors (Lipinski definition) is 2. The predicted octanol–water partition coefficient (Wildman–Crippen LogP) is 6.22. The van der Waals surface area contributed by atoms with Crippen LogP contribution < -0.4 is 4.74 Å². The minimum absolute atomic E-state index is 0.205. The highest BCUT2D eigenvalue weighted by atomic mass is 35.5. The number of ether oxygens (including phenoxy) is 1. The van der Waals surface area contributed by atoms with Gasteiger partial charge in [-0.05, 0) is 30.3 Å². The smallest absolute Gasteiger partial charge is 0.200 e. The van der Waals surface area contributed by atoms with Gasteiger partial charge in [-0.1, -0.05) is 58.0 Å². The maximum atomic E-state index is 12.1. The molecule has 0 amide bonds. The van der Waals surface area contributed by atoms with E-state index in [1.807, 2.05) is 0 Å². The lowest BCUT2D eigenvalue weighted by molar-refractivity contribution is 0.0921. The van der Waals surface area contributed by atoms with Crippen molar-refractivity contribution in [3.8, 4) is 5.75 Å². The molecule has 0 bridgehead atoms. The van der Waals surface area contributed by atoms with Crippen molar-refractivity contribution in [2.45, 2.75) is 0 Å². The van der Waals surface area contributed by atoms with Crippen LogP contribution in [0.15, 0.2) is 30.3 Å². The van der Waals surface area contributed by atoms with Crippen molar-refractivity contribution >= 4 is 63.8 Å². The Morgan fingerprint density at radius 1 is 0.905 bits per heavy atom. The van der Waals surface area contributed by atoms with Gasteiger partial charge >= 0.3 is 0 Å². The summed E-state index contributed by atoms with van der Waals surface area (Å²) in [6.07, 6.45) is 0. The largest absolute Gasteiger partial charge is 0.484 e. The van der Waals surface area contributed by atoms with E-state index in [1.54, 1.807) is 12.1 Å². The average molecular weight is 384 g/mol. The third kappa shape index (κ3) is 4.18. The summed E-state index contributed by atoms with van der Waals surface area (Å²) in [6, 6.07) is 7.60. The molecule has 0 radical (unpaired) electrons. The quantitative estimate of drug-likeness (QED) is 0.462. The lowest BCUT2D eigenvalue weighted by Crippen LogP contribution is -2.12. The molecule has 2 nitrogen and oxygen atoms in total. The molecule has 2 aromatic carbocycles. The van der Waals surface area contributed by atoms with Gasteiger partial charge in [0.15, 0.2) is 12.4 Å². The lowest BCUT2D eigenvalue weighted by Gasteiger charge is -2.08. The SMILES string of the molecule is O=C(COc1ccc(Cl)cc1Cl)c1cc(Cl)c(Cl)c(Cl)c1. The summed E-state index contributed by atoms with van der Waals surface area (Å²) in [5, 5.41) is 1.42. The van der Waals surface area contributed by atoms with Gasteiger partial charge < -0.3 is 4.74 Å². The summed E-state index contributed by atoms with van der Waals surface area (Å²) in [5.41, 5.74) is 0.305. The molecule has 0 aliphatic rings. The van der Waals surface area contributed by atoms with Crippen LogP contribution in [0.1, 0.15) is 10.4 Å². The number of hydrogen-bond donors (Lipinski definition) is 0. The number of halogens is 5. The number of Topliss-reactive ketones (excluding diaryl/α,β-unsaturated/α-hetero) is 1. The normalized spacial score (nSPS) is 10.5. The molecule has 0 aliphatic carbocycles. The molecule has 0 aliphatic heterocycles. The van der Waals surface area contributed by atoms with Crippen molar-refractivity contribution in [2.75, 3.05) is 6.61 Å². The monoisotopic (exact) mass is 382 g/mol. The van der Waals surface area contributed by atoms with Gasteiger partial charge in [0.25, 0.3) is 0 Å². The molecule has 0 heterocycles. The zero-order chi connectivity index (χ0) is 15.6. The highest BCUT2D eigenvalue weighted by Crippen LogP contribution is 2.32. The molecule has 21 heavy (non-hydrogen) atoms. The topological polar surface area (TPSA) is 26.3 Å². The zero-order valence-electron chi connectivity index (χ0n) is 10.3. The van der Waals surface area contributed by atoms with Gasteiger partial charge in [0.2, 0.25) is 0 Å². The van der Waals surface area contributed by atoms with E-state index in [0.29, 0.717) is 21.4 Å². The first-order chi connectivity index (χ1) is 9.88. The summed E-state index contributed by atoms with van der Waals surface area (Å²) < 4.78 is 5.36. The van der Waals surface area contributed by atoms with Crippen LogP contribution >= 0.6 is 58.0 Å². The van der Waals surface area contributed by atoms with Gasteiger partial charge in [0.05, 0.1) is 20.1 Å². The Bertz CT molecular complexity index is 677. The molecule has 0 saturated heterocycles. The van der Waals surface area contributed by atoms with Crippen LogP contribution in [0.3, 0.4) is 0 Å². The fourth-order valence-corrected chi connectivity index (χ4v) is 2.59. The van der Waals surface area contributed by atoms with Crippen molar-refractivity contribution < 1.29 is 9.53 Å². The standard InChI is InChI=1S/C14H7Cl5O2/c15-8-1-2-13(9(16)5-8)21-6-12(20)7-3-10(17)14(19)11(18)4-7/h1-5H,6H2. The highest BCUT2D eigenvalue weighted by molar-refractivity contribution is 6.48. The Kier molecular flexibility index (Phi) is 5.64. The summed E-state index contributed by atoms with van der Waals surface area (Å²) in [7, 11) is 0. The van der Waals surface area contributed by atoms with E-state index in [2.05, 4.69) is 0 Å². The summed E-state index contributed by atoms with van der Waals surface area (Å²) in [6.45, 7) is -0.213. The van der Waals surface area contributed by atoms with E-state index < -0.39 is 0 Å². The first-order valence-corrected chi connectivity index (χ1v) is 7.53. The van der Waals surface area contributed by atoms with E-state index in [1.165, 1.54) is 18.2 Å². The number of benzene rings is 2. The van der Waals surface area contributed by atoms with Crippen LogP contribution in [0.2, 0.25) is 25.1 Å². The molecule has 110 valence electrons. The third-order valence-corrected chi connectivity index (χ3v) is 4.29. The second kappa shape index (κ2) is 7.08. The fraction of sp³-hybridized carbons (Fsp3) is 0.0714. The van der Waals surface area contributed by atoms with Crippen LogP contribution in [0.4, 0.5) is 0 Å². The average Bonchev–Trinajstić information content (AvgIpc) is 2.43. The molecule has 2 rings (SSSR count).